The number of aryl methyl sites for hydroxylation is 1. The average molecular weight is 300 g/mol. The molecule has 4 rings (SSSR count). The highest BCUT2D eigenvalue weighted by Gasteiger charge is 2.31. The third kappa shape index (κ3) is 2.40. The van der Waals surface area contributed by atoms with Crippen molar-refractivity contribution >= 4 is 5.91 Å². The standard InChI is InChI=1S/C15H20N6O/c1-20-12(6-7-16-20)15(22)21-8-2-3-11(9-21)14-17-13(18-19-14)10-4-5-10/h6-7,10-11H,2-5,8-9H2,1H3,(H,17,18,19). The number of likely N-dealkylation sites (tertiary alicyclic amines) is 1. The van der Waals surface area contributed by atoms with Crippen molar-refractivity contribution in [2.75, 3.05) is 13.1 Å². The highest BCUT2D eigenvalue weighted by atomic mass is 16.2. The van der Waals surface area contributed by atoms with E-state index in [9.17, 15) is 4.79 Å². The lowest BCUT2D eigenvalue weighted by Crippen LogP contribution is -2.40. The first-order chi connectivity index (χ1) is 10.7. The Balaban J connectivity index is 1.49. The van der Waals surface area contributed by atoms with Crippen molar-refractivity contribution in [3.63, 3.8) is 0 Å². The molecule has 1 saturated heterocycles. The molecule has 1 saturated carbocycles. The lowest BCUT2D eigenvalue weighted by Gasteiger charge is -2.31. The maximum absolute atomic E-state index is 12.6. The fraction of sp³-hybridized carbons (Fsp3) is 0.600. The van der Waals surface area contributed by atoms with E-state index in [1.807, 2.05) is 4.90 Å². The molecule has 1 unspecified atom stereocenters. The van der Waals surface area contributed by atoms with Gasteiger partial charge in [-0.1, -0.05) is 0 Å². The van der Waals surface area contributed by atoms with Gasteiger partial charge in [0.05, 0.1) is 0 Å². The number of carbonyl (C=O) groups excluding carboxylic acids is 1. The Morgan fingerprint density at radius 3 is 2.91 bits per heavy atom. The van der Waals surface area contributed by atoms with E-state index < -0.39 is 0 Å². The van der Waals surface area contributed by atoms with E-state index in [2.05, 4.69) is 20.3 Å². The van der Waals surface area contributed by atoms with Crippen LogP contribution in [0.5, 0.6) is 0 Å². The molecular weight excluding hydrogens is 280 g/mol. The maximum Gasteiger partial charge on any atom is 0.272 e. The molecule has 116 valence electrons. The van der Waals surface area contributed by atoms with E-state index in [-0.39, 0.29) is 11.8 Å². The van der Waals surface area contributed by atoms with Gasteiger partial charge in [0.15, 0.2) is 5.82 Å². The second-order valence-electron chi connectivity index (χ2n) is 6.28. The minimum Gasteiger partial charge on any atom is -0.337 e. The number of hydrogen-bond acceptors (Lipinski definition) is 4. The van der Waals surface area contributed by atoms with Gasteiger partial charge in [-0.05, 0) is 31.7 Å². The number of rotatable bonds is 3. The summed E-state index contributed by atoms with van der Waals surface area (Å²) in [4.78, 5) is 19.1. The molecule has 0 spiro atoms. The van der Waals surface area contributed by atoms with Crippen LogP contribution < -0.4 is 0 Å². The number of nitrogens with zero attached hydrogens (tertiary/aromatic N) is 5. The predicted octanol–water partition coefficient (Wildman–Crippen LogP) is 1.44. The molecule has 0 bridgehead atoms. The zero-order chi connectivity index (χ0) is 15.1. The largest absolute Gasteiger partial charge is 0.337 e. The van der Waals surface area contributed by atoms with Gasteiger partial charge < -0.3 is 4.90 Å². The summed E-state index contributed by atoms with van der Waals surface area (Å²) in [7, 11) is 1.80. The molecule has 22 heavy (non-hydrogen) atoms. The summed E-state index contributed by atoms with van der Waals surface area (Å²) in [6.45, 7) is 1.48. The second-order valence-corrected chi connectivity index (χ2v) is 6.28. The molecule has 1 atom stereocenters. The summed E-state index contributed by atoms with van der Waals surface area (Å²) in [5, 5.41) is 11.5. The SMILES string of the molecule is Cn1nccc1C(=O)N1CCCC(c2n[nH]c(C3CC3)n2)C1. The minimum atomic E-state index is 0.0441. The summed E-state index contributed by atoms with van der Waals surface area (Å²) in [5.41, 5.74) is 0.634. The second kappa shape index (κ2) is 5.23. The predicted molar refractivity (Wildman–Crippen MR) is 79.4 cm³/mol. The zero-order valence-corrected chi connectivity index (χ0v) is 12.7. The normalized spacial score (nSPS) is 22.0. The van der Waals surface area contributed by atoms with Crippen molar-refractivity contribution in [2.45, 2.75) is 37.5 Å². The van der Waals surface area contributed by atoms with Gasteiger partial charge in [-0.15, -0.1) is 0 Å². The van der Waals surface area contributed by atoms with Crippen LogP contribution >= 0.6 is 0 Å². The van der Waals surface area contributed by atoms with Gasteiger partial charge in [-0.3, -0.25) is 14.6 Å². The van der Waals surface area contributed by atoms with Crippen molar-refractivity contribution in [2.24, 2.45) is 7.05 Å². The monoisotopic (exact) mass is 300 g/mol. The van der Waals surface area contributed by atoms with Crippen LogP contribution in [-0.4, -0.2) is 48.9 Å². The van der Waals surface area contributed by atoms with Gasteiger partial charge in [0, 0.05) is 38.2 Å². The summed E-state index contributed by atoms with van der Waals surface area (Å²) in [6.07, 6.45) is 6.11. The van der Waals surface area contributed by atoms with Crippen LogP contribution in [0.4, 0.5) is 0 Å². The number of carbonyl (C=O) groups is 1. The number of hydrogen-bond donors (Lipinski definition) is 1. The van der Waals surface area contributed by atoms with Gasteiger partial charge in [-0.25, -0.2) is 4.98 Å². The van der Waals surface area contributed by atoms with Gasteiger partial charge in [0.25, 0.3) is 5.91 Å². The van der Waals surface area contributed by atoms with Crippen molar-refractivity contribution in [3.05, 3.63) is 29.6 Å². The maximum atomic E-state index is 12.6. The highest BCUT2D eigenvalue weighted by molar-refractivity contribution is 5.92. The first-order valence-electron chi connectivity index (χ1n) is 7.92. The molecule has 7 heteroatoms. The molecule has 1 aliphatic heterocycles. The van der Waals surface area contributed by atoms with Gasteiger partial charge >= 0.3 is 0 Å². The molecule has 2 aliphatic rings. The first kappa shape index (κ1) is 13.5. The number of aromatic nitrogens is 5. The molecule has 0 aromatic carbocycles. The van der Waals surface area contributed by atoms with E-state index in [1.165, 1.54) is 12.8 Å². The fourth-order valence-electron chi connectivity index (χ4n) is 3.13. The van der Waals surface area contributed by atoms with Crippen molar-refractivity contribution < 1.29 is 4.79 Å². The van der Waals surface area contributed by atoms with E-state index in [1.54, 1.807) is 24.0 Å². The molecule has 3 heterocycles. The Morgan fingerprint density at radius 1 is 1.32 bits per heavy atom. The summed E-state index contributed by atoms with van der Waals surface area (Å²) < 4.78 is 1.63. The minimum absolute atomic E-state index is 0.0441. The van der Waals surface area contributed by atoms with Crippen LogP contribution in [0.3, 0.4) is 0 Å². The number of nitrogens with one attached hydrogen (secondary N) is 1. The number of amides is 1. The summed E-state index contributed by atoms with van der Waals surface area (Å²) in [6, 6.07) is 1.77. The van der Waals surface area contributed by atoms with E-state index >= 15 is 0 Å². The molecule has 2 aromatic heterocycles. The average Bonchev–Trinajstić information content (AvgIpc) is 3.11. The Labute approximate surface area is 128 Å². The summed E-state index contributed by atoms with van der Waals surface area (Å²) in [5.74, 6) is 2.74. The summed E-state index contributed by atoms with van der Waals surface area (Å²) >= 11 is 0. The molecule has 2 fully saturated rings. The van der Waals surface area contributed by atoms with Crippen molar-refractivity contribution in [1.82, 2.24) is 29.9 Å². The van der Waals surface area contributed by atoms with E-state index in [4.69, 9.17) is 0 Å². The number of H-pyrrole nitrogens is 1. The lowest BCUT2D eigenvalue weighted by molar-refractivity contribution is 0.0693. The Bertz CT molecular complexity index is 686. The highest BCUT2D eigenvalue weighted by Crippen LogP contribution is 2.38. The van der Waals surface area contributed by atoms with Crippen LogP contribution in [0.25, 0.3) is 0 Å². The zero-order valence-electron chi connectivity index (χ0n) is 12.7. The molecule has 0 radical (unpaired) electrons. The van der Waals surface area contributed by atoms with Crippen LogP contribution in [0.1, 0.15) is 59.7 Å². The Morgan fingerprint density at radius 2 is 2.18 bits per heavy atom. The topological polar surface area (TPSA) is 79.7 Å². The van der Waals surface area contributed by atoms with Crippen molar-refractivity contribution in [1.29, 1.82) is 0 Å². The van der Waals surface area contributed by atoms with Crippen LogP contribution in [0.15, 0.2) is 12.3 Å². The molecule has 1 aliphatic carbocycles. The number of aromatic amines is 1. The Kier molecular flexibility index (Phi) is 3.20. The molecular formula is C15H20N6O. The van der Waals surface area contributed by atoms with Gasteiger partial charge in [0.1, 0.15) is 11.5 Å². The first-order valence-corrected chi connectivity index (χ1v) is 7.92. The Hall–Kier alpha value is -2.18. The van der Waals surface area contributed by atoms with E-state index in [0.29, 0.717) is 18.2 Å². The van der Waals surface area contributed by atoms with Gasteiger partial charge in [0.2, 0.25) is 0 Å². The third-order valence-electron chi connectivity index (χ3n) is 4.60. The molecule has 1 N–H and O–H groups in total. The van der Waals surface area contributed by atoms with Gasteiger partial charge in [-0.2, -0.15) is 10.2 Å². The lowest BCUT2D eigenvalue weighted by atomic mass is 9.97. The van der Waals surface area contributed by atoms with Crippen LogP contribution in [0.2, 0.25) is 0 Å². The molecule has 7 nitrogen and oxygen atoms in total. The van der Waals surface area contributed by atoms with Crippen LogP contribution in [0, 0.1) is 0 Å². The fourth-order valence-corrected chi connectivity index (χ4v) is 3.13. The van der Waals surface area contributed by atoms with Crippen LogP contribution in [-0.2, 0) is 7.05 Å². The number of piperidine rings is 1. The van der Waals surface area contributed by atoms with Crippen molar-refractivity contribution in [3.8, 4) is 0 Å². The molecule has 2 aromatic rings. The third-order valence-corrected chi connectivity index (χ3v) is 4.60. The van der Waals surface area contributed by atoms with E-state index in [0.717, 1.165) is 31.0 Å². The quantitative estimate of drug-likeness (QED) is 0.930. The smallest absolute Gasteiger partial charge is 0.272 e. The molecule has 1 amide bonds.